The lowest BCUT2D eigenvalue weighted by molar-refractivity contribution is -0.136. The van der Waals surface area contributed by atoms with Gasteiger partial charge in [-0.3, -0.25) is 9.48 Å². The fourth-order valence-electron chi connectivity index (χ4n) is 1.78. The molecule has 1 N–H and O–H groups in total. The van der Waals surface area contributed by atoms with Gasteiger partial charge in [0.15, 0.2) is 0 Å². The summed E-state index contributed by atoms with van der Waals surface area (Å²) < 4.78 is 1.82. The number of carboxylic acids is 1. The molecule has 0 radical (unpaired) electrons. The Bertz CT molecular complexity index is 532. The van der Waals surface area contributed by atoms with Gasteiger partial charge in [0.1, 0.15) is 0 Å². The molecule has 0 aliphatic rings. The molecule has 0 atom stereocenters. The van der Waals surface area contributed by atoms with Crippen molar-refractivity contribution in [2.45, 2.75) is 19.9 Å². The molecule has 17 heavy (non-hydrogen) atoms. The monoisotopic (exact) mass is 230 g/mol. The van der Waals surface area contributed by atoms with Crippen LogP contribution >= 0.6 is 0 Å². The lowest BCUT2D eigenvalue weighted by Gasteiger charge is -2.07. The Labute approximate surface area is 99.5 Å². The molecule has 2 rings (SSSR count). The molecule has 0 aliphatic heterocycles. The van der Waals surface area contributed by atoms with Gasteiger partial charge in [0.2, 0.25) is 0 Å². The number of hydrogen-bond acceptors (Lipinski definition) is 2. The Hall–Kier alpha value is -2.10. The SMILES string of the molecule is Cc1cnn(Cc2ccccc2CC(=O)O)c1. The predicted molar refractivity (Wildman–Crippen MR) is 63.8 cm³/mol. The van der Waals surface area contributed by atoms with Crippen molar-refractivity contribution >= 4 is 5.97 Å². The van der Waals surface area contributed by atoms with E-state index in [0.717, 1.165) is 16.7 Å². The van der Waals surface area contributed by atoms with E-state index in [1.54, 1.807) is 6.20 Å². The first-order valence-electron chi connectivity index (χ1n) is 5.43. The van der Waals surface area contributed by atoms with Crippen LogP contribution in [0.1, 0.15) is 16.7 Å². The van der Waals surface area contributed by atoms with Crippen molar-refractivity contribution in [1.29, 1.82) is 0 Å². The molecule has 0 saturated carbocycles. The van der Waals surface area contributed by atoms with Crippen molar-refractivity contribution in [3.8, 4) is 0 Å². The maximum absolute atomic E-state index is 10.8. The highest BCUT2D eigenvalue weighted by molar-refractivity contribution is 5.70. The Morgan fingerprint density at radius 2 is 2.06 bits per heavy atom. The Morgan fingerprint density at radius 1 is 1.35 bits per heavy atom. The summed E-state index contributed by atoms with van der Waals surface area (Å²) in [6, 6.07) is 7.56. The van der Waals surface area contributed by atoms with Crippen LogP contribution in [0.4, 0.5) is 0 Å². The van der Waals surface area contributed by atoms with Crippen molar-refractivity contribution in [1.82, 2.24) is 9.78 Å². The summed E-state index contributed by atoms with van der Waals surface area (Å²) in [6.07, 6.45) is 3.79. The smallest absolute Gasteiger partial charge is 0.307 e. The molecule has 4 heteroatoms. The quantitative estimate of drug-likeness (QED) is 0.872. The summed E-state index contributed by atoms with van der Waals surface area (Å²) >= 11 is 0. The molecular formula is C13H14N2O2. The molecule has 0 fully saturated rings. The fraction of sp³-hybridized carbons (Fsp3) is 0.231. The van der Waals surface area contributed by atoms with Crippen LogP contribution in [-0.4, -0.2) is 20.9 Å². The number of carboxylic acid groups (broad SMARTS) is 1. The first kappa shape index (κ1) is 11.4. The van der Waals surface area contributed by atoms with Gasteiger partial charge in [-0.25, -0.2) is 0 Å². The van der Waals surface area contributed by atoms with Crippen LogP contribution in [0.5, 0.6) is 0 Å². The first-order valence-corrected chi connectivity index (χ1v) is 5.43. The number of hydrogen-bond donors (Lipinski definition) is 1. The van der Waals surface area contributed by atoms with Gasteiger partial charge in [0.05, 0.1) is 19.2 Å². The van der Waals surface area contributed by atoms with E-state index in [4.69, 9.17) is 5.11 Å². The molecule has 1 aromatic heterocycles. The number of benzene rings is 1. The van der Waals surface area contributed by atoms with E-state index in [-0.39, 0.29) is 6.42 Å². The normalized spacial score (nSPS) is 10.4. The average molecular weight is 230 g/mol. The highest BCUT2D eigenvalue weighted by atomic mass is 16.4. The second kappa shape index (κ2) is 4.82. The van der Waals surface area contributed by atoms with Gasteiger partial charge < -0.3 is 5.11 Å². The molecule has 0 spiro atoms. The minimum atomic E-state index is -0.811. The molecule has 88 valence electrons. The average Bonchev–Trinajstić information content (AvgIpc) is 2.66. The van der Waals surface area contributed by atoms with Crippen LogP contribution in [0.15, 0.2) is 36.7 Å². The zero-order chi connectivity index (χ0) is 12.3. The van der Waals surface area contributed by atoms with Gasteiger partial charge in [-0.15, -0.1) is 0 Å². The number of nitrogens with zero attached hydrogens (tertiary/aromatic N) is 2. The van der Waals surface area contributed by atoms with Crippen LogP contribution in [0, 0.1) is 6.92 Å². The molecular weight excluding hydrogens is 216 g/mol. The molecule has 0 amide bonds. The zero-order valence-corrected chi connectivity index (χ0v) is 9.63. The molecule has 2 aromatic rings. The van der Waals surface area contributed by atoms with E-state index in [2.05, 4.69) is 5.10 Å². The van der Waals surface area contributed by atoms with Crippen molar-refractivity contribution in [3.63, 3.8) is 0 Å². The van der Waals surface area contributed by atoms with Crippen LogP contribution in [0.2, 0.25) is 0 Å². The summed E-state index contributed by atoms with van der Waals surface area (Å²) in [5, 5.41) is 13.0. The number of carbonyl (C=O) groups is 1. The van der Waals surface area contributed by atoms with Crippen LogP contribution in [0.25, 0.3) is 0 Å². The second-order valence-corrected chi connectivity index (χ2v) is 4.05. The number of aromatic nitrogens is 2. The number of aryl methyl sites for hydroxylation is 1. The number of rotatable bonds is 4. The summed E-state index contributed by atoms with van der Waals surface area (Å²) in [6.45, 7) is 2.59. The van der Waals surface area contributed by atoms with Gasteiger partial charge in [0.25, 0.3) is 0 Å². The molecule has 1 heterocycles. The van der Waals surface area contributed by atoms with E-state index in [1.165, 1.54) is 0 Å². The van der Waals surface area contributed by atoms with E-state index in [1.807, 2.05) is 42.1 Å². The minimum Gasteiger partial charge on any atom is -0.481 e. The van der Waals surface area contributed by atoms with Crippen LogP contribution in [-0.2, 0) is 17.8 Å². The summed E-state index contributed by atoms with van der Waals surface area (Å²) in [7, 11) is 0. The zero-order valence-electron chi connectivity index (χ0n) is 9.63. The topological polar surface area (TPSA) is 55.1 Å². The van der Waals surface area contributed by atoms with E-state index in [9.17, 15) is 4.79 Å². The summed E-state index contributed by atoms with van der Waals surface area (Å²) in [5.74, 6) is -0.811. The molecule has 0 bridgehead atoms. The maximum Gasteiger partial charge on any atom is 0.307 e. The van der Waals surface area contributed by atoms with Crippen LogP contribution in [0.3, 0.4) is 0 Å². The van der Waals surface area contributed by atoms with Gasteiger partial charge >= 0.3 is 5.97 Å². The van der Waals surface area contributed by atoms with Crippen molar-refractivity contribution in [2.24, 2.45) is 0 Å². The highest BCUT2D eigenvalue weighted by Gasteiger charge is 2.06. The first-order chi connectivity index (χ1) is 8.15. The lowest BCUT2D eigenvalue weighted by atomic mass is 10.0. The third-order valence-corrected chi connectivity index (χ3v) is 2.55. The maximum atomic E-state index is 10.8. The van der Waals surface area contributed by atoms with E-state index in [0.29, 0.717) is 6.54 Å². The molecule has 4 nitrogen and oxygen atoms in total. The third kappa shape index (κ3) is 2.93. The fourth-order valence-corrected chi connectivity index (χ4v) is 1.78. The third-order valence-electron chi connectivity index (χ3n) is 2.55. The Kier molecular flexibility index (Phi) is 3.23. The molecule has 0 unspecified atom stereocenters. The standard InChI is InChI=1S/C13H14N2O2/c1-10-7-14-15(8-10)9-12-5-3-2-4-11(12)6-13(16)17/h2-5,7-8H,6,9H2,1H3,(H,16,17). The van der Waals surface area contributed by atoms with Gasteiger partial charge in [-0.2, -0.15) is 5.10 Å². The van der Waals surface area contributed by atoms with Gasteiger partial charge in [-0.05, 0) is 23.6 Å². The molecule has 0 saturated heterocycles. The highest BCUT2D eigenvalue weighted by Crippen LogP contribution is 2.11. The van der Waals surface area contributed by atoms with E-state index >= 15 is 0 Å². The lowest BCUT2D eigenvalue weighted by Crippen LogP contribution is -2.07. The molecule has 1 aromatic carbocycles. The predicted octanol–water partition coefficient (Wildman–Crippen LogP) is 1.87. The summed E-state index contributed by atoms with van der Waals surface area (Å²) in [4.78, 5) is 10.8. The minimum absolute atomic E-state index is 0.0520. The van der Waals surface area contributed by atoms with Gasteiger partial charge in [0, 0.05) is 6.20 Å². The van der Waals surface area contributed by atoms with Crippen LogP contribution < -0.4 is 0 Å². The van der Waals surface area contributed by atoms with Crippen molar-refractivity contribution < 1.29 is 9.90 Å². The van der Waals surface area contributed by atoms with Gasteiger partial charge in [-0.1, -0.05) is 24.3 Å². The largest absolute Gasteiger partial charge is 0.481 e. The Balaban J connectivity index is 2.23. The van der Waals surface area contributed by atoms with Crippen molar-refractivity contribution in [2.75, 3.05) is 0 Å². The Morgan fingerprint density at radius 3 is 2.65 bits per heavy atom. The molecule has 0 aliphatic carbocycles. The van der Waals surface area contributed by atoms with Crippen molar-refractivity contribution in [3.05, 3.63) is 53.3 Å². The van der Waals surface area contributed by atoms with E-state index < -0.39 is 5.97 Å². The second-order valence-electron chi connectivity index (χ2n) is 4.05. The summed E-state index contributed by atoms with van der Waals surface area (Å²) in [5.41, 5.74) is 2.94. The number of aliphatic carboxylic acids is 1.